The molecule has 146 valence electrons. The molecular weight excluding hydrogens is 411 g/mol. The molecule has 0 aromatic heterocycles. The minimum Gasteiger partial charge on any atom is -0.492 e. The molecule has 0 spiro atoms. The van der Waals surface area contributed by atoms with Crippen LogP contribution in [-0.4, -0.2) is 38.8 Å². The van der Waals surface area contributed by atoms with Gasteiger partial charge in [0.2, 0.25) is 15.9 Å². The second-order valence-corrected chi connectivity index (χ2v) is 8.51. The summed E-state index contributed by atoms with van der Waals surface area (Å²) in [5.74, 6) is -0.0451. The zero-order chi connectivity index (χ0) is 20.0. The van der Waals surface area contributed by atoms with Crippen LogP contribution >= 0.6 is 23.2 Å². The van der Waals surface area contributed by atoms with E-state index in [1.165, 1.54) is 25.2 Å². The Bertz CT molecular complexity index is 919. The zero-order valence-corrected chi connectivity index (χ0v) is 17.2. The van der Waals surface area contributed by atoms with Crippen molar-refractivity contribution in [1.82, 2.24) is 9.62 Å². The number of ether oxygens (including phenoxy) is 1. The highest BCUT2D eigenvalue weighted by Gasteiger charge is 2.24. The average molecular weight is 431 g/mol. The molecule has 0 atom stereocenters. The van der Waals surface area contributed by atoms with E-state index in [2.05, 4.69) is 5.32 Å². The molecule has 0 heterocycles. The summed E-state index contributed by atoms with van der Waals surface area (Å²) in [7, 11) is -2.54. The van der Waals surface area contributed by atoms with E-state index in [1.807, 2.05) is 0 Å². The van der Waals surface area contributed by atoms with Gasteiger partial charge < -0.3 is 10.1 Å². The molecule has 0 fully saturated rings. The van der Waals surface area contributed by atoms with Gasteiger partial charge in [-0.25, -0.2) is 8.42 Å². The Labute approximate surface area is 169 Å². The van der Waals surface area contributed by atoms with Gasteiger partial charge >= 0.3 is 0 Å². The topological polar surface area (TPSA) is 75.7 Å². The zero-order valence-electron chi connectivity index (χ0n) is 14.9. The summed E-state index contributed by atoms with van der Waals surface area (Å²) in [5.41, 5.74) is 0.747. The van der Waals surface area contributed by atoms with Gasteiger partial charge in [-0.15, -0.1) is 0 Å². The van der Waals surface area contributed by atoms with Crippen LogP contribution < -0.4 is 10.1 Å². The lowest BCUT2D eigenvalue weighted by Crippen LogP contribution is -2.38. The number of nitrogens with zero attached hydrogens (tertiary/aromatic N) is 1. The Morgan fingerprint density at radius 3 is 2.48 bits per heavy atom. The highest BCUT2D eigenvalue weighted by Crippen LogP contribution is 2.28. The van der Waals surface area contributed by atoms with Gasteiger partial charge in [0.25, 0.3) is 0 Å². The van der Waals surface area contributed by atoms with Gasteiger partial charge in [-0.1, -0.05) is 41.4 Å². The standard InChI is InChI=1S/C18H20Cl2N2O4S/c1-3-26-17-9-8-14(10-16(17)20)27(24,25)22(2)12-18(23)21-11-13-6-4-5-7-15(13)19/h4-10H,3,11-12H2,1-2H3,(H,21,23). The average Bonchev–Trinajstić information content (AvgIpc) is 2.62. The molecule has 2 aromatic rings. The normalized spacial score (nSPS) is 11.4. The first-order valence-corrected chi connectivity index (χ1v) is 10.3. The monoisotopic (exact) mass is 430 g/mol. The first-order valence-electron chi connectivity index (χ1n) is 8.14. The number of halogens is 2. The molecule has 0 bridgehead atoms. The summed E-state index contributed by atoms with van der Waals surface area (Å²) < 4.78 is 31.5. The van der Waals surface area contributed by atoms with Gasteiger partial charge in [0.1, 0.15) is 5.75 Å². The molecular formula is C18H20Cl2N2O4S. The van der Waals surface area contributed by atoms with Gasteiger partial charge in [-0.05, 0) is 36.8 Å². The molecule has 0 saturated carbocycles. The van der Waals surface area contributed by atoms with Crippen LogP contribution in [0.3, 0.4) is 0 Å². The van der Waals surface area contributed by atoms with Gasteiger partial charge in [-0.2, -0.15) is 4.31 Å². The van der Waals surface area contributed by atoms with Crippen LogP contribution in [0.4, 0.5) is 0 Å². The fraction of sp³-hybridized carbons (Fsp3) is 0.278. The molecule has 6 nitrogen and oxygen atoms in total. The Morgan fingerprint density at radius 1 is 1.15 bits per heavy atom. The number of carbonyl (C=O) groups excluding carboxylic acids is 1. The fourth-order valence-electron chi connectivity index (χ4n) is 2.27. The van der Waals surface area contributed by atoms with Gasteiger partial charge in [-0.3, -0.25) is 4.79 Å². The van der Waals surface area contributed by atoms with E-state index in [0.29, 0.717) is 17.4 Å². The van der Waals surface area contributed by atoms with E-state index < -0.39 is 15.9 Å². The molecule has 0 unspecified atom stereocenters. The third kappa shape index (κ3) is 5.59. The van der Waals surface area contributed by atoms with E-state index in [1.54, 1.807) is 31.2 Å². The molecule has 9 heteroatoms. The quantitative estimate of drug-likeness (QED) is 0.696. The molecule has 0 saturated heterocycles. The van der Waals surface area contributed by atoms with Crippen molar-refractivity contribution in [3.63, 3.8) is 0 Å². The number of benzene rings is 2. The molecule has 1 N–H and O–H groups in total. The molecule has 27 heavy (non-hydrogen) atoms. The van der Waals surface area contributed by atoms with Gasteiger partial charge in [0, 0.05) is 18.6 Å². The van der Waals surface area contributed by atoms with E-state index in [-0.39, 0.29) is 23.0 Å². The van der Waals surface area contributed by atoms with Crippen molar-refractivity contribution < 1.29 is 17.9 Å². The highest BCUT2D eigenvalue weighted by molar-refractivity contribution is 7.89. The minimum absolute atomic E-state index is 0.0163. The van der Waals surface area contributed by atoms with E-state index in [9.17, 15) is 13.2 Å². The number of nitrogens with one attached hydrogen (secondary N) is 1. The van der Waals surface area contributed by atoms with Crippen molar-refractivity contribution in [2.75, 3.05) is 20.2 Å². The molecule has 0 aliphatic rings. The SMILES string of the molecule is CCOc1ccc(S(=O)(=O)N(C)CC(=O)NCc2ccccc2Cl)cc1Cl. The summed E-state index contributed by atoms with van der Waals surface area (Å²) >= 11 is 12.1. The smallest absolute Gasteiger partial charge is 0.243 e. The Hall–Kier alpha value is -1.80. The van der Waals surface area contributed by atoms with Crippen molar-refractivity contribution in [3.8, 4) is 5.75 Å². The Morgan fingerprint density at radius 2 is 1.85 bits per heavy atom. The lowest BCUT2D eigenvalue weighted by atomic mass is 10.2. The van der Waals surface area contributed by atoms with Crippen LogP contribution in [0.5, 0.6) is 5.75 Å². The van der Waals surface area contributed by atoms with E-state index in [4.69, 9.17) is 27.9 Å². The van der Waals surface area contributed by atoms with Gasteiger partial charge in [0.15, 0.2) is 0 Å². The van der Waals surface area contributed by atoms with Crippen LogP contribution in [0.2, 0.25) is 10.0 Å². The van der Waals surface area contributed by atoms with Crippen LogP contribution in [0.1, 0.15) is 12.5 Å². The van der Waals surface area contributed by atoms with Crippen LogP contribution in [0, 0.1) is 0 Å². The number of amides is 1. The second kappa shape index (κ2) is 9.41. The van der Waals surface area contributed by atoms with Crippen LogP contribution in [0.15, 0.2) is 47.4 Å². The number of carbonyl (C=O) groups is 1. The molecule has 1 amide bonds. The minimum atomic E-state index is -3.87. The highest BCUT2D eigenvalue weighted by atomic mass is 35.5. The maximum Gasteiger partial charge on any atom is 0.243 e. The predicted octanol–water partition coefficient (Wildman–Crippen LogP) is 3.33. The molecule has 0 aliphatic heterocycles. The number of rotatable bonds is 8. The van der Waals surface area contributed by atoms with Crippen LogP contribution in [-0.2, 0) is 21.4 Å². The first kappa shape index (κ1) is 21.5. The Kier molecular flexibility index (Phi) is 7.49. The third-order valence-corrected chi connectivity index (χ3v) is 6.17. The molecule has 2 aromatic carbocycles. The number of likely N-dealkylation sites (N-methyl/N-ethyl adjacent to an activating group) is 1. The van der Waals surface area contributed by atoms with Crippen molar-refractivity contribution in [1.29, 1.82) is 0 Å². The maximum absolute atomic E-state index is 12.6. The second-order valence-electron chi connectivity index (χ2n) is 5.65. The summed E-state index contributed by atoms with van der Waals surface area (Å²) in [5, 5.41) is 3.38. The maximum atomic E-state index is 12.6. The largest absolute Gasteiger partial charge is 0.492 e. The molecule has 0 radical (unpaired) electrons. The summed E-state index contributed by atoms with van der Waals surface area (Å²) in [4.78, 5) is 12.1. The van der Waals surface area contributed by atoms with Crippen LogP contribution in [0.25, 0.3) is 0 Å². The molecule has 0 aliphatic carbocycles. The van der Waals surface area contributed by atoms with Crippen molar-refractivity contribution >= 4 is 39.1 Å². The molecule has 2 rings (SSSR count). The summed E-state index contributed by atoms with van der Waals surface area (Å²) in [6.45, 7) is 2.09. The van der Waals surface area contributed by atoms with Crippen molar-refractivity contribution in [2.45, 2.75) is 18.4 Å². The van der Waals surface area contributed by atoms with Crippen molar-refractivity contribution in [3.05, 3.63) is 58.1 Å². The number of sulfonamides is 1. The van der Waals surface area contributed by atoms with E-state index in [0.717, 1.165) is 9.87 Å². The fourth-order valence-corrected chi connectivity index (χ4v) is 3.93. The lowest BCUT2D eigenvalue weighted by Gasteiger charge is -2.18. The first-order chi connectivity index (χ1) is 12.8. The van der Waals surface area contributed by atoms with Gasteiger partial charge in [0.05, 0.1) is 23.1 Å². The van der Waals surface area contributed by atoms with Crippen molar-refractivity contribution in [2.24, 2.45) is 0 Å². The lowest BCUT2D eigenvalue weighted by molar-refractivity contribution is -0.121. The van der Waals surface area contributed by atoms with E-state index >= 15 is 0 Å². The summed E-state index contributed by atoms with van der Waals surface area (Å²) in [6, 6.07) is 11.3. The summed E-state index contributed by atoms with van der Waals surface area (Å²) in [6.07, 6.45) is 0. The number of hydrogen-bond donors (Lipinski definition) is 1. The number of hydrogen-bond acceptors (Lipinski definition) is 4. The Balaban J connectivity index is 2.03. The third-order valence-electron chi connectivity index (χ3n) is 3.71. The predicted molar refractivity (Wildman–Crippen MR) is 106 cm³/mol.